The Morgan fingerprint density at radius 3 is 2.80 bits per heavy atom. The normalized spacial score (nSPS) is 16.1. The number of hydrogen-bond acceptors (Lipinski definition) is 5. The molecule has 0 bridgehead atoms. The quantitative estimate of drug-likeness (QED) is 0.806. The lowest BCUT2D eigenvalue weighted by atomic mass is 9.98. The van der Waals surface area contributed by atoms with Gasteiger partial charge in [-0.15, -0.1) is 10.2 Å². The summed E-state index contributed by atoms with van der Waals surface area (Å²) in [6.45, 7) is 3.83. The maximum atomic E-state index is 12.2. The number of rotatable bonds is 6. The summed E-state index contributed by atoms with van der Waals surface area (Å²) in [6.07, 6.45) is 2.00. The third-order valence-electron chi connectivity index (χ3n) is 4.58. The smallest absolute Gasteiger partial charge is 0.231 e. The highest BCUT2D eigenvalue weighted by atomic mass is 32.2. The molecule has 1 aliphatic rings. The van der Waals surface area contributed by atoms with Gasteiger partial charge in [-0.1, -0.05) is 36.0 Å². The molecule has 7 heteroatoms. The van der Waals surface area contributed by atoms with Crippen LogP contribution in [0.25, 0.3) is 11.4 Å². The third kappa shape index (κ3) is 3.69. The molecule has 25 heavy (non-hydrogen) atoms. The van der Waals surface area contributed by atoms with Crippen molar-refractivity contribution in [3.63, 3.8) is 0 Å². The maximum Gasteiger partial charge on any atom is 0.231 e. The maximum absolute atomic E-state index is 12.2. The second kappa shape index (κ2) is 6.89. The Hall–Kier alpha value is -2.33. The van der Waals surface area contributed by atoms with Crippen LogP contribution in [-0.4, -0.2) is 32.0 Å². The van der Waals surface area contributed by atoms with Gasteiger partial charge in [0.15, 0.2) is 11.0 Å². The zero-order valence-electron chi connectivity index (χ0n) is 14.6. The Morgan fingerprint density at radius 1 is 1.44 bits per heavy atom. The van der Waals surface area contributed by atoms with Crippen LogP contribution >= 0.6 is 11.8 Å². The number of carbonyl (C=O) groups is 1. The molecule has 1 unspecified atom stereocenters. The Balaban J connectivity index is 1.66. The minimum atomic E-state index is -0.760. The number of aromatic nitrogens is 3. The number of hydrogen-bond donors (Lipinski definition) is 1. The number of benzene rings is 1. The van der Waals surface area contributed by atoms with Crippen molar-refractivity contribution in [2.45, 2.75) is 37.4 Å². The van der Waals surface area contributed by atoms with Crippen molar-refractivity contribution in [3.8, 4) is 17.5 Å². The first-order chi connectivity index (χ1) is 11.9. The summed E-state index contributed by atoms with van der Waals surface area (Å²) in [6, 6.07) is 10.2. The fourth-order valence-electron chi connectivity index (χ4n) is 2.84. The first kappa shape index (κ1) is 17.5. The SMILES string of the molecule is Cc1ccccc1-c1nnc(SCC(=O)NC(C)(C#N)C2CC2)n1C. The highest BCUT2D eigenvalue weighted by molar-refractivity contribution is 7.99. The van der Waals surface area contributed by atoms with Crippen molar-refractivity contribution in [3.05, 3.63) is 29.8 Å². The molecule has 1 N–H and O–H groups in total. The van der Waals surface area contributed by atoms with Crippen LogP contribution in [-0.2, 0) is 11.8 Å². The van der Waals surface area contributed by atoms with Gasteiger partial charge in [-0.05, 0) is 38.2 Å². The number of thioether (sulfide) groups is 1. The Labute approximate surface area is 151 Å². The summed E-state index contributed by atoms with van der Waals surface area (Å²) in [5.74, 6) is 1.11. The minimum Gasteiger partial charge on any atom is -0.337 e. The summed E-state index contributed by atoms with van der Waals surface area (Å²) in [7, 11) is 1.89. The lowest BCUT2D eigenvalue weighted by Crippen LogP contribution is -2.47. The van der Waals surface area contributed by atoms with Gasteiger partial charge in [-0.3, -0.25) is 4.79 Å². The van der Waals surface area contributed by atoms with E-state index < -0.39 is 5.54 Å². The molecule has 130 valence electrons. The van der Waals surface area contributed by atoms with E-state index in [-0.39, 0.29) is 17.6 Å². The van der Waals surface area contributed by atoms with Crippen LogP contribution in [0.4, 0.5) is 0 Å². The molecule has 6 nitrogen and oxygen atoms in total. The van der Waals surface area contributed by atoms with Crippen LogP contribution < -0.4 is 5.32 Å². The van der Waals surface area contributed by atoms with Crippen molar-refractivity contribution in [2.24, 2.45) is 13.0 Å². The van der Waals surface area contributed by atoms with Crippen LogP contribution in [0.3, 0.4) is 0 Å². The molecule has 1 fully saturated rings. The number of nitrogens with one attached hydrogen (secondary N) is 1. The van der Waals surface area contributed by atoms with Gasteiger partial charge in [-0.25, -0.2) is 0 Å². The van der Waals surface area contributed by atoms with Gasteiger partial charge in [0.1, 0.15) is 5.54 Å². The number of nitriles is 1. The van der Waals surface area contributed by atoms with Crippen LogP contribution in [0.2, 0.25) is 0 Å². The number of aryl methyl sites for hydroxylation is 1. The molecule has 1 aliphatic carbocycles. The molecule has 1 saturated carbocycles. The molecule has 3 rings (SSSR count). The molecule has 1 aromatic carbocycles. The van der Waals surface area contributed by atoms with E-state index in [1.54, 1.807) is 6.92 Å². The average molecular weight is 355 g/mol. The van der Waals surface area contributed by atoms with E-state index in [2.05, 4.69) is 21.6 Å². The summed E-state index contributed by atoms with van der Waals surface area (Å²) >= 11 is 1.33. The molecule has 0 saturated heterocycles. The minimum absolute atomic E-state index is 0.151. The lowest BCUT2D eigenvalue weighted by molar-refractivity contribution is -0.119. The van der Waals surface area contributed by atoms with Gasteiger partial charge in [0.25, 0.3) is 0 Å². The van der Waals surface area contributed by atoms with Crippen molar-refractivity contribution in [2.75, 3.05) is 5.75 Å². The van der Waals surface area contributed by atoms with E-state index in [0.29, 0.717) is 5.16 Å². The third-order valence-corrected chi connectivity index (χ3v) is 5.60. The van der Waals surface area contributed by atoms with Crippen LogP contribution in [0.5, 0.6) is 0 Å². The highest BCUT2D eigenvalue weighted by Crippen LogP contribution is 2.39. The molecule has 1 heterocycles. The van der Waals surface area contributed by atoms with E-state index in [1.165, 1.54) is 11.8 Å². The summed E-state index contributed by atoms with van der Waals surface area (Å²) in [5, 5.41) is 21.3. The fraction of sp³-hybridized carbons (Fsp3) is 0.444. The van der Waals surface area contributed by atoms with Gasteiger partial charge in [0.05, 0.1) is 11.8 Å². The number of carbonyl (C=O) groups excluding carboxylic acids is 1. The Morgan fingerprint density at radius 2 is 2.16 bits per heavy atom. The predicted molar refractivity (Wildman–Crippen MR) is 96.8 cm³/mol. The average Bonchev–Trinajstić information content (AvgIpc) is 3.39. The van der Waals surface area contributed by atoms with Crippen LogP contribution in [0.1, 0.15) is 25.3 Å². The second-order valence-corrected chi connectivity index (χ2v) is 7.55. The first-order valence-corrected chi connectivity index (χ1v) is 9.23. The fourth-order valence-corrected chi connectivity index (χ4v) is 3.55. The summed E-state index contributed by atoms with van der Waals surface area (Å²) in [5.41, 5.74) is 1.39. The zero-order chi connectivity index (χ0) is 18.0. The largest absolute Gasteiger partial charge is 0.337 e. The second-order valence-electron chi connectivity index (χ2n) is 6.61. The Bertz CT molecular complexity index is 836. The molecular weight excluding hydrogens is 334 g/mol. The molecule has 0 spiro atoms. The van der Waals surface area contributed by atoms with Gasteiger partial charge < -0.3 is 9.88 Å². The van der Waals surface area contributed by atoms with Gasteiger partial charge in [0, 0.05) is 12.6 Å². The van der Waals surface area contributed by atoms with E-state index in [1.807, 2.05) is 42.8 Å². The van der Waals surface area contributed by atoms with Crippen molar-refractivity contribution >= 4 is 17.7 Å². The molecule has 0 aliphatic heterocycles. The molecule has 1 aromatic heterocycles. The monoisotopic (exact) mass is 355 g/mol. The molecule has 1 amide bonds. The van der Waals surface area contributed by atoms with Gasteiger partial charge in [0.2, 0.25) is 5.91 Å². The van der Waals surface area contributed by atoms with E-state index in [0.717, 1.165) is 29.8 Å². The van der Waals surface area contributed by atoms with E-state index in [9.17, 15) is 10.1 Å². The Kier molecular flexibility index (Phi) is 4.82. The van der Waals surface area contributed by atoms with Crippen LogP contribution in [0, 0.1) is 24.2 Å². The zero-order valence-corrected chi connectivity index (χ0v) is 15.4. The molecular formula is C18H21N5OS. The lowest BCUT2D eigenvalue weighted by Gasteiger charge is -2.22. The molecule has 0 radical (unpaired) electrons. The van der Waals surface area contributed by atoms with E-state index >= 15 is 0 Å². The predicted octanol–water partition coefficient (Wildman–Crippen LogP) is 2.69. The van der Waals surface area contributed by atoms with Crippen molar-refractivity contribution in [1.29, 1.82) is 5.26 Å². The number of nitrogens with zero attached hydrogens (tertiary/aromatic N) is 4. The van der Waals surface area contributed by atoms with Crippen molar-refractivity contribution in [1.82, 2.24) is 20.1 Å². The van der Waals surface area contributed by atoms with Crippen molar-refractivity contribution < 1.29 is 4.79 Å². The molecule has 2 aromatic rings. The molecule has 1 atom stereocenters. The van der Waals surface area contributed by atoms with Gasteiger partial charge in [-0.2, -0.15) is 5.26 Å². The topological polar surface area (TPSA) is 83.6 Å². The van der Waals surface area contributed by atoms with E-state index in [4.69, 9.17) is 0 Å². The number of amides is 1. The summed E-state index contributed by atoms with van der Waals surface area (Å²) in [4.78, 5) is 12.2. The highest BCUT2D eigenvalue weighted by Gasteiger charge is 2.42. The standard InChI is InChI=1S/C18H21N5OS/c1-12-6-4-5-7-14(12)16-21-22-17(23(16)3)25-10-15(24)20-18(2,11-19)13-8-9-13/h4-7,13H,8-10H2,1-3H3,(H,20,24). The first-order valence-electron chi connectivity index (χ1n) is 8.25. The summed E-state index contributed by atoms with van der Waals surface area (Å²) < 4.78 is 1.89. The van der Waals surface area contributed by atoms with Gasteiger partial charge >= 0.3 is 0 Å². The van der Waals surface area contributed by atoms with Crippen LogP contribution in [0.15, 0.2) is 29.4 Å².